The Labute approximate surface area is 204 Å². The maximum Gasteiger partial charge on any atom is 0.253 e. The Balaban J connectivity index is 0.00000480. The van der Waals surface area contributed by atoms with Crippen LogP contribution in [0.15, 0.2) is 53.5 Å². The molecule has 0 aliphatic carbocycles. The van der Waals surface area contributed by atoms with E-state index in [1.54, 1.807) is 19.0 Å². The number of amides is 1. The van der Waals surface area contributed by atoms with Gasteiger partial charge in [0, 0.05) is 39.3 Å². The van der Waals surface area contributed by atoms with Crippen molar-refractivity contribution in [3.63, 3.8) is 0 Å². The smallest absolute Gasteiger partial charge is 0.253 e. The largest absolute Gasteiger partial charge is 0.357 e. The van der Waals surface area contributed by atoms with Crippen LogP contribution >= 0.6 is 24.0 Å². The molecule has 31 heavy (non-hydrogen) atoms. The molecule has 0 heterocycles. The second kappa shape index (κ2) is 14.0. The van der Waals surface area contributed by atoms with E-state index in [0.29, 0.717) is 18.7 Å². The zero-order valence-corrected chi connectivity index (χ0v) is 21.6. The van der Waals surface area contributed by atoms with Crippen molar-refractivity contribution in [3.8, 4) is 0 Å². The van der Waals surface area contributed by atoms with Crippen molar-refractivity contribution >= 4 is 35.8 Å². The van der Waals surface area contributed by atoms with Gasteiger partial charge in [0.25, 0.3) is 5.91 Å². The lowest BCUT2D eigenvalue weighted by Gasteiger charge is -2.15. The number of carbonyl (C=O) groups excluding carboxylic acids is 1. The van der Waals surface area contributed by atoms with Gasteiger partial charge in [-0.2, -0.15) is 0 Å². The van der Waals surface area contributed by atoms with Gasteiger partial charge in [-0.3, -0.25) is 4.79 Å². The number of guanidine groups is 1. The van der Waals surface area contributed by atoms with Crippen LogP contribution in [0, 0.1) is 0 Å². The molecule has 0 unspecified atom stereocenters. The van der Waals surface area contributed by atoms with Crippen LogP contribution in [0.4, 0.5) is 0 Å². The van der Waals surface area contributed by atoms with E-state index >= 15 is 0 Å². The molecule has 6 nitrogen and oxygen atoms in total. The summed E-state index contributed by atoms with van der Waals surface area (Å²) in [6.45, 7) is 8.25. The average molecular weight is 537 g/mol. The van der Waals surface area contributed by atoms with Gasteiger partial charge in [-0.25, -0.2) is 4.99 Å². The lowest BCUT2D eigenvalue weighted by atomic mass is 10.1. The third kappa shape index (κ3) is 9.26. The first-order chi connectivity index (χ1) is 14.4. The average Bonchev–Trinajstić information content (AvgIpc) is 2.75. The number of hydrogen-bond acceptors (Lipinski definition) is 3. The number of nitrogens with one attached hydrogen (secondary N) is 2. The molecule has 2 N–H and O–H groups in total. The molecule has 0 atom stereocenters. The number of hydrogen-bond donors (Lipinski definition) is 2. The first-order valence-electron chi connectivity index (χ1n) is 10.5. The fraction of sp³-hybridized carbons (Fsp3) is 0.417. The Morgan fingerprint density at radius 1 is 0.935 bits per heavy atom. The van der Waals surface area contributed by atoms with E-state index in [9.17, 15) is 4.79 Å². The molecule has 0 bridgehead atoms. The Hall–Kier alpha value is -2.13. The fourth-order valence-electron chi connectivity index (χ4n) is 2.97. The topological polar surface area (TPSA) is 60.0 Å². The summed E-state index contributed by atoms with van der Waals surface area (Å²) >= 11 is 0. The van der Waals surface area contributed by atoms with Crippen molar-refractivity contribution < 1.29 is 4.79 Å². The van der Waals surface area contributed by atoms with E-state index < -0.39 is 0 Å². The first-order valence-corrected chi connectivity index (χ1v) is 10.5. The quantitative estimate of drug-likeness (QED) is 0.291. The summed E-state index contributed by atoms with van der Waals surface area (Å²) in [7, 11) is 5.64. The van der Waals surface area contributed by atoms with Crippen LogP contribution in [0.2, 0.25) is 0 Å². The standard InChI is InChI=1S/C24H35N5O.HI/c1-6-25-24(26-16-19-11-13-22(14-12-19)23(30)28(3)4)27-17-20-9-8-10-21(15-20)18-29(5)7-2;/h8-15H,6-7,16-18H2,1-5H3,(H2,25,26,27);1H. The monoisotopic (exact) mass is 537 g/mol. The number of rotatable bonds is 9. The van der Waals surface area contributed by atoms with E-state index in [1.165, 1.54) is 11.1 Å². The minimum Gasteiger partial charge on any atom is -0.357 e. The molecular weight excluding hydrogens is 501 g/mol. The van der Waals surface area contributed by atoms with Crippen molar-refractivity contribution in [2.45, 2.75) is 33.5 Å². The van der Waals surface area contributed by atoms with Crippen LogP contribution in [0.3, 0.4) is 0 Å². The third-order valence-corrected chi connectivity index (χ3v) is 4.81. The molecule has 0 radical (unpaired) electrons. The van der Waals surface area contributed by atoms with Crippen LogP contribution in [0.5, 0.6) is 0 Å². The highest BCUT2D eigenvalue weighted by Gasteiger charge is 2.07. The number of halogens is 1. The molecule has 1 amide bonds. The Morgan fingerprint density at radius 2 is 1.61 bits per heavy atom. The normalized spacial score (nSPS) is 11.1. The fourth-order valence-corrected chi connectivity index (χ4v) is 2.97. The molecule has 170 valence electrons. The first kappa shape index (κ1) is 26.9. The van der Waals surface area contributed by atoms with Gasteiger partial charge >= 0.3 is 0 Å². The van der Waals surface area contributed by atoms with Gasteiger partial charge in [0.2, 0.25) is 0 Å². The van der Waals surface area contributed by atoms with E-state index in [4.69, 9.17) is 4.99 Å². The number of benzene rings is 2. The minimum atomic E-state index is 0. The molecule has 0 fully saturated rings. The molecule has 0 saturated heterocycles. The predicted octanol–water partition coefficient (Wildman–Crippen LogP) is 3.71. The molecule has 2 rings (SSSR count). The van der Waals surface area contributed by atoms with E-state index in [1.807, 2.05) is 24.3 Å². The molecule has 0 aliphatic rings. The van der Waals surface area contributed by atoms with Gasteiger partial charge in [0.05, 0.1) is 6.54 Å². The van der Waals surface area contributed by atoms with Gasteiger partial charge in [-0.05, 0) is 49.3 Å². The Kier molecular flexibility index (Phi) is 12.2. The number of nitrogens with zero attached hydrogens (tertiary/aromatic N) is 3. The lowest BCUT2D eigenvalue weighted by molar-refractivity contribution is 0.0827. The van der Waals surface area contributed by atoms with Crippen LogP contribution < -0.4 is 10.6 Å². The maximum atomic E-state index is 12.0. The van der Waals surface area contributed by atoms with Crippen molar-refractivity contribution in [2.75, 3.05) is 34.2 Å². The summed E-state index contributed by atoms with van der Waals surface area (Å²) < 4.78 is 0. The van der Waals surface area contributed by atoms with Crippen LogP contribution in [-0.2, 0) is 19.6 Å². The highest BCUT2D eigenvalue weighted by atomic mass is 127. The van der Waals surface area contributed by atoms with Gasteiger partial charge < -0.3 is 20.4 Å². The van der Waals surface area contributed by atoms with Crippen molar-refractivity contribution in [3.05, 3.63) is 70.8 Å². The molecule has 0 spiro atoms. The van der Waals surface area contributed by atoms with Crippen LogP contribution in [0.25, 0.3) is 0 Å². The van der Waals surface area contributed by atoms with Gasteiger partial charge in [-0.1, -0.05) is 43.3 Å². The van der Waals surface area contributed by atoms with E-state index in [2.05, 4.69) is 60.7 Å². The van der Waals surface area contributed by atoms with Crippen molar-refractivity contribution in [1.29, 1.82) is 0 Å². The maximum absolute atomic E-state index is 12.0. The zero-order chi connectivity index (χ0) is 21.9. The van der Waals surface area contributed by atoms with Crippen molar-refractivity contribution in [2.24, 2.45) is 4.99 Å². The zero-order valence-electron chi connectivity index (χ0n) is 19.3. The summed E-state index contributed by atoms with van der Waals surface area (Å²) in [4.78, 5) is 20.6. The molecule has 0 aliphatic heterocycles. The summed E-state index contributed by atoms with van der Waals surface area (Å²) in [5, 5.41) is 6.66. The van der Waals surface area contributed by atoms with Gasteiger partial charge in [0.1, 0.15) is 0 Å². The van der Waals surface area contributed by atoms with Crippen LogP contribution in [0.1, 0.15) is 40.9 Å². The second-order valence-corrected chi connectivity index (χ2v) is 7.60. The minimum absolute atomic E-state index is 0. The molecule has 2 aromatic carbocycles. The predicted molar refractivity (Wildman–Crippen MR) is 140 cm³/mol. The summed E-state index contributed by atoms with van der Waals surface area (Å²) in [5.41, 5.74) is 4.29. The number of aliphatic imine (C=N–C) groups is 1. The molecule has 7 heteroatoms. The Bertz CT molecular complexity index is 836. The van der Waals surface area contributed by atoms with E-state index in [-0.39, 0.29) is 29.9 Å². The summed E-state index contributed by atoms with van der Waals surface area (Å²) in [6, 6.07) is 16.3. The highest BCUT2D eigenvalue weighted by Crippen LogP contribution is 2.09. The molecule has 2 aromatic rings. The molecular formula is C24H36IN5O. The second-order valence-electron chi connectivity index (χ2n) is 7.60. The SMILES string of the molecule is CCNC(=NCc1cccc(CN(C)CC)c1)NCc1ccc(C(=O)N(C)C)cc1.I. The summed E-state index contributed by atoms with van der Waals surface area (Å²) in [6.07, 6.45) is 0. The van der Waals surface area contributed by atoms with E-state index in [0.717, 1.165) is 31.2 Å². The lowest BCUT2D eigenvalue weighted by Crippen LogP contribution is -2.36. The molecule has 0 aromatic heterocycles. The number of carbonyl (C=O) groups is 1. The third-order valence-electron chi connectivity index (χ3n) is 4.81. The van der Waals surface area contributed by atoms with Gasteiger partial charge in [0.15, 0.2) is 5.96 Å². The summed E-state index contributed by atoms with van der Waals surface area (Å²) in [5.74, 6) is 0.791. The van der Waals surface area contributed by atoms with Crippen molar-refractivity contribution in [1.82, 2.24) is 20.4 Å². The van der Waals surface area contributed by atoms with Gasteiger partial charge in [-0.15, -0.1) is 24.0 Å². The highest BCUT2D eigenvalue weighted by molar-refractivity contribution is 14.0. The molecule has 0 saturated carbocycles. The van der Waals surface area contributed by atoms with Crippen LogP contribution in [-0.4, -0.2) is 55.9 Å². The Morgan fingerprint density at radius 3 is 2.23 bits per heavy atom.